The van der Waals surface area contributed by atoms with Gasteiger partial charge in [-0.15, -0.1) is 0 Å². The van der Waals surface area contributed by atoms with E-state index in [4.69, 9.17) is 6.57 Å². The van der Waals surface area contributed by atoms with E-state index in [0.29, 0.717) is 18.0 Å². The first-order valence-corrected chi connectivity index (χ1v) is 11.3. The molecule has 2 aromatic carbocycles. The molecule has 0 bridgehead atoms. The fourth-order valence-electron chi connectivity index (χ4n) is 4.43. The van der Waals surface area contributed by atoms with E-state index in [2.05, 4.69) is 15.5 Å². The van der Waals surface area contributed by atoms with Crippen LogP contribution in [0.5, 0.6) is 5.75 Å². The minimum absolute atomic E-state index is 0.0380. The zero-order valence-electron chi connectivity index (χ0n) is 18.1. The third-order valence-electron chi connectivity index (χ3n) is 6.48. The van der Waals surface area contributed by atoms with Crippen molar-refractivity contribution >= 4 is 11.7 Å². The Hall–Kier alpha value is -3.17. The van der Waals surface area contributed by atoms with Crippen LogP contribution in [0, 0.1) is 6.57 Å². The molecule has 0 radical (unpaired) electrons. The average molecular weight is 432 g/mol. The number of hydrogen-bond acceptors (Lipinski definition) is 4. The van der Waals surface area contributed by atoms with Gasteiger partial charge in [-0.05, 0) is 55.9 Å². The number of nitrogens with zero attached hydrogens (tertiary/aromatic N) is 1. The van der Waals surface area contributed by atoms with Crippen molar-refractivity contribution < 1.29 is 14.7 Å². The van der Waals surface area contributed by atoms with Gasteiger partial charge in [-0.1, -0.05) is 30.3 Å². The summed E-state index contributed by atoms with van der Waals surface area (Å²) in [5.41, 5.74) is 1.24. The van der Waals surface area contributed by atoms with Crippen molar-refractivity contribution in [2.75, 3.05) is 6.54 Å². The highest BCUT2D eigenvalue weighted by atomic mass is 16.3. The first kappa shape index (κ1) is 22.0. The van der Waals surface area contributed by atoms with Gasteiger partial charge in [-0.2, -0.15) is 0 Å². The number of benzene rings is 2. The Balaban J connectivity index is 1.54. The Morgan fingerprint density at radius 1 is 1.12 bits per heavy atom. The van der Waals surface area contributed by atoms with E-state index in [1.807, 2.05) is 30.3 Å². The Labute approximate surface area is 188 Å². The molecule has 4 rings (SSSR count). The lowest BCUT2D eigenvalue weighted by Crippen LogP contribution is -2.46. The van der Waals surface area contributed by atoms with Crippen LogP contribution in [0.15, 0.2) is 48.5 Å². The van der Waals surface area contributed by atoms with Crippen LogP contribution < -0.4 is 10.6 Å². The summed E-state index contributed by atoms with van der Waals surface area (Å²) in [5.74, 6) is -0.521. The molecule has 0 spiro atoms. The second kappa shape index (κ2) is 9.54. The van der Waals surface area contributed by atoms with Crippen molar-refractivity contribution in [3.05, 3.63) is 76.6 Å². The largest absolute Gasteiger partial charge is 0.508 e. The summed E-state index contributed by atoms with van der Waals surface area (Å²) in [7, 11) is 0. The molecule has 0 aromatic heterocycles. The summed E-state index contributed by atoms with van der Waals surface area (Å²) in [6.45, 7) is 7.92. The molecule has 2 aliphatic carbocycles. The SMILES string of the molecule is [C-]#[N+]C1(c2cc(O)cc(C(=O)NC(Cc3ccccc3)C(=O)CNC3CC3)c2)CCCC1. The maximum Gasteiger partial charge on any atom is 0.257 e. The maximum absolute atomic E-state index is 13.1. The number of carbonyl (C=O) groups is 2. The third kappa shape index (κ3) is 5.17. The predicted molar refractivity (Wildman–Crippen MR) is 122 cm³/mol. The van der Waals surface area contributed by atoms with E-state index < -0.39 is 17.5 Å². The van der Waals surface area contributed by atoms with Gasteiger partial charge in [-0.3, -0.25) is 9.59 Å². The summed E-state index contributed by atoms with van der Waals surface area (Å²) in [6, 6.07) is 14.0. The van der Waals surface area contributed by atoms with Crippen LogP contribution in [0.1, 0.15) is 60.0 Å². The molecule has 2 saturated carbocycles. The molecule has 2 aromatic rings. The number of nitrogens with one attached hydrogen (secondary N) is 2. The molecule has 0 aliphatic heterocycles. The number of phenols is 1. The highest BCUT2D eigenvalue weighted by Crippen LogP contribution is 2.43. The second-order valence-corrected chi connectivity index (χ2v) is 8.96. The Bertz CT molecular complexity index is 1020. The van der Waals surface area contributed by atoms with E-state index in [-0.39, 0.29) is 23.6 Å². The summed E-state index contributed by atoms with van der Waals surface area (Å²) in [5, 5.41) is 16.4. The number of rotatable bonds is 9. The Morgan fingerprint density at radius 2 is 1.84 bits per heavy atom. The van der Waals surface area contributed by atoms with E-state index in [1.165, 1.54) is 6.07 Å². The molecule has 2 aliphatic rings. The lowest BCUT2D eigenvalue weighted by Gasteiger charge is -2.20. The first-order chi connectivity index (χ1) is 15.5. The summed E-state index contributed by atoms with van der Waals surface area (Å²) in [6.07, 6.45) is 5.93. The molecule has 1 unspecified atom stereocenters. The molecule has 2 fully saturated rings. The van der Waals surface area contributed by atoms with E-state index in [1.54, 1.807) is 12.1 Å². The van der Waals surface area contributed by atoms with Gasteiger partial charge in [0.25, 0.3) is 11.4 Å². The number of Topliss-reactive ketones (excluding diaryl/α,β-unsaturated/α-hetero) is 1. The van der Waals surface area contributed by atoms with Crippen molar-refractivity contribution in [2.45, 2.75) is 62.6 Å². The highest BCUT2D eigenvalue weighted by molar-refractivity contribution is 5.99. The molecule has 1 atom stereocenters. The van der Waals surface area contributed by atoms with Gasteiger partial charge >= 0.3 is 0 Å². The van der Waals surface area contributed by atoms with Crippen molar-refractivity contribution in [3.8, 4) is 5.75 Å². The number of amides is 1. The minimum Gasteiger partial charge on any atom is -0.508 e. The van der Waals surface area contributed by atoms with Gasteiger partial charge in [0.2, 0.25) is 0 Å². The van der Waals surface area contributed by atoms with Crippen molar-refractivity contribution in [1.29, 1.82) is 0 Å². The molecule has 3 N–H and O–H groups in total. The van der Waals surface area contributed by atoms with E-state index in [0.717, 1.165) is 44.1 Å². The average Bonchev–Trinajstić information content (AvgIpc) is 3.51. The van der Waals surface area contributed by atoms with Crippen LogP contribution in [0.4, 0.5) is 0 Å². The van der Waals surface area contributed by atoms with Gasteiger partial charge in [-0.25, -0.2) is 6.57 Å². The van der Waals surface area contributed by atoms with Gasteiger partial charge in [0.15, 0.2) is 5.78 Å². The Morgan fingerprint density at radius 3 is 2.50 bits per heavy atom. The molecular weight excluding hydrogens is 402 g/mol. The fraction of sp³-hybridized carbons (Fsp3) is 0.423. The third-order valence-corrected chi connectivity index (χ3v) is 6.48. The second-order valence-electron chi connectivity index (χ2n) is 8.96. The fourth-order valence-corrected chi connectivity index (χ4v) is 4.43. The van der Waals surface area contributed by atoms with Crippen LogP contribution in [0.2, 0.25) is 0 Å². The molecule has 32 heavy (non-hydrogen) atoms. The van der Waals surface area contributed by atoms with Crippen LogP contribution in [-0.2, 0) is 16.8 Å². The maximum atomic E-state index is 13.1. The van der Waals surface area contributed by atoms with Gasteiger partial charge in [0.1, 0.15) is 5.75 Å². The summed E-state index contributed by atoms with van der Waals surface area (Å²) >= 11 is 0. The molecule has 166 valence electrons. The number of hydrogen-bond donors (Lipinski definition) is 3. The van der Waals surface area contributed by atoms with Gasteiger partial charge in [0.05, 0.1) is 12.6 Å². The zero-order chi connectivity index (χ0) is 22.6. The lowest BCUT2D eigenvalue weighted by atomic mass is 9.87. The van der Waals surface area contributed by atoms with E-state index >= 15 is 0 Å². The zero-order valence-corrected chi connectivity index (χ0v) is 18.1. The summed E-state index contributed by atoms with van der Waals surface area (Å²) < 4.78 is 0. The monoisotopic (exact) mass is 431 g/mol. The quantitative estimate of drug-likeness (QED) is 0.528. The lowest BCUT2D eigenvalue weighted by molar-refractivity contribution is -0.120. The molecular formula is C26H29N3O3. The predicted octanol–water partition coefficient (Wildman–Crippen LogP) is 3.74. The molecule has 0 saturated heterocycles. The highest BCUT2D eigenvalue weighted by Gasteiger charge is 2.42. The standard InChI is InChI=1S/C26H29N3O3/c1-27-26(11-5-6-12-26)20-14-19(15-22(30)16-20)25(32)29-23(13-18-7-3-2-4-8-18)24(31)17-28-21-9-10-21/h2-4,7-8,14-16,21,23,28,30H,5-6,9-13,17H2,(H,29,32). The molecule has 6 nitrogen and oxygen atoms in total. The van der Waals surface area contributed by atoms with Crippen molar-refractivity contribution in [1.82, 2.24) is 10.6 Å². The summed E-state index contributed by atoms with van der Waals surface area (Å²) in [4.78, 5) is 29.9. The van der Waals surface area contributed by atoms with Crippen LogP contribution >= 0.6 is 0 Å². The normalized spacial score (nSPS) is 18.0. The molecule has 6 heteroatoms. The molecule has 1 amide bonds. The van der Waals surface area contributed by atoms with Crippen LogP contribution in [-0.4, -0.2) is 35.4 Å². The number of carbonyl (C=O) groups excluding carboxylic acids is 2. The van der Waals surface area contributed by atoms with Crippen molar-refractivity contribution in [3.63, 3.8) is 0 Å². The van der Waals surface area contributed by atoms with Gasteiger partial charge in [0, 0.05) is 30.0 Å². The first-order valence-electron chi connectivity index (χ1n) is 11.3. The van der Waals surface area contributed by atoms with Gasteiger partial charge < -0.3 is 20.6 Å². The Kier molecular flexibility index (Phi) is 6.57. The smallest absolute Gasteiger partial charge is 0.257 e. The topological polar surface area (TPSA) is 82.8 Å². The van der Waals surface area contributed by atoms with E-state index in [9.17, 15) is 14.7 Å². The minimum atomic E-state index is -0.679. The number of aromatic hydroxyl groups is 1. The number of ketones is 1. The molecule has 0 heterocycles. The number of phenolic OH excluding ortho intramolecular Hbond substituents is 1. The van der Waals surface area contributed by atoms with Crippen molar-refractivity contribution in [2.24, 2.45) is 0 Å². The van der Waals surface area contributed by atoms with Crippen LogP contribution in [0.3, 0.4) is 0 Å². The van der Waals surface area contributed by atoms with Crippen LogP contribution in [0.25, 0.3) is 4.85 Å².